The zero-order valence-corrected chi connectivity index (χ0v) is 12.5. The zero-order chi connectivity index (χ0) is 12.8. The van der Waals surface area contributed by atoms with E-state index in [2.05, 4.69) is 22.6 Å². The van der Waals surface area contributed by atoms with Gasteiger partial charge in [0.15, 0.2) is 0 Å². The molecule has 3 aliphatic rings. The van der Waals surface area contributed by atoms with Gasteiger partial charge >= 0.3 is 0 Å². The molecule has 1 N–H and O–H groups in total. The molecule has 2 bridgehead atoms. The molecule has 3 heteroatoms. The molecule has 6 unspecified atom stereocenters. The normalized spacial score (nSPS) is 41.6. The number of hydrogen-bond acceptors (Lipinski definition) is 3. The number of aromatic nitrogens is 1. The van der Waals surface area contributed by atoms with E-state index in [9.17, 15) is 0 Å². The van der Waals surface area contributed by atoms with E-state index in [1.54, 1.807) is 11.3 Å². The van der Waals surface area contributed by atoms with Gasteiger partial charge in [0, 0.05) is 17.6 Å². The molecule has 6 atom stereocenters. The van der Waals surface area contributed by atoms with Crippen LogP contribution in [0.1, 0.15) is 56.5 Å². The highest BCUT2D eigenvalue weighted by Crippen LogP contribution is 2.58. The summed E-state index contributed by atoms with van der Waals surface area (Å²) in [5, 5.41) is 7.35. The highest BCUT2D eigenvalue weighted by Gasteiger charge is 2.53. The summed E-state index contributed by atoms with van der Waals surface area (Å²) in [6.45, 7) is 2.28. The fraction of sp³-hybridized carbons (Fsp3) is 0.812. The molecular weight excluding hydrogens is 252 g/mol. The summed E-state index contributed by atoms with van der Waals surface area (Å²) in [6, 6.07) is 1.27. The van der Waals surface area contributed by atoms with Gasteiger partial charge in [0.2, 0.25) is 0 Å². The van der Waals surface area contributed by atoms with E-state index in [-0.39, 0.29) is 0 Å². The van der Waals surface area contributed by atoms with Crippen LogP contribution < -0.4 is 5.32 Å². The summed E-state index contributed by atoms with van der Waals surface area (Å²) in [5.41, 5.74) is 0. The van der Waals surface area contributed by atoms with Crippen LogP contribution in [0.2, 0.25) is 0 Å². The Morgan fingerprint density at radius 1 is 1.32 bits per heavy atom. The predicted molar refractivity (Wildman–Crippen MR) is 79.1 cm³/mol. The zero-order valence-electron chi connectivity index (χ0n) is 11.7. The Balaban J connectivity index is 1.46. The maximum Gasteiger partial charge on any atom is 0.109 e. The molecule has 104 valence electrons. The molecule has 0 radical (unpaired) electrons. The second-order valence-electron chi connectivity index (χ2n) is 6.76. The molecule has 0 aromatic carbocycles. The summed E-state index contributed by atoms with van der Waals surface area (Å²) >= 11 is 1.80. The largest absolute Gasteiger partial charge is 0.305 e. The van der Waals surface area contributed by atoms with Crippen molar-refractivity contribution in [3.05, 3.63) is 16.6 Å². The average Bonchev–Trinajstić information content (AvgIpc) is 3.14. The predicted octanol–water partition coefficient (Wildman–Crippen LogP) is 4.01. The molecule has 1 aromatic rings. The van der Waals surface area contributed by atoms with Crippen LogP contribution in [0.15, 0.2) is 11.6 Å². The topological polar surface area (TPSA) is 24.9 Å². The van der Waals surface area contributed by atoms with E-state index < -0.39 is 0 Å². The highest BCUT2D eigenvalue weighted by atomic mass is 32.1. The summed E-state index contributed by atoms with van der Waals surface area (Å²) in [6.07, 6.45) is 10.6. The minimum absolute atomic E-state index is 0.490. The van der Waals surface area contributed by atoms with E-state index in [1.807, 2.05) is 6.20 Å². The van der Waals surface area contributed by atoms with Gasteiger partial charge in [0.05, 0.1) is 6.04 Å². The van der Waals surface area contributed by atoms with Crippen molar-refractivity contribution >= 4 is 11.3 Å². The monoisotopic (exact) mass is 276 g/mol. The Hall–Kier alpha value is -0.410. The van der Waals surface area contributed by atoms with Gasteiger partial charge in [-0.3, -0.25) is 0 Å². The first-order valence-electron chi connectivity index (χ1n) is 8.02. The molecule has 0 amide bonds. The van der Waals surface area contributed by atoms with Crippen LogP contribution in [0.5, 0.6) is 0 Å². The van der Waals surface area contributed by atoms with Crippen molar-refractivity contribution in [1.82, 2.24) is 10.3 Å². The third-order valence-corrected chi connectivity index (χ3v) is 6.89. The molecule has 1 heterocycles. The molecular formula is C16H24N2S. The Morgan fingerprint density at radius 3 is 3.00 bits per heavy atom. The van der Waals surface area contributed by atoms with Crippen LogP contribution in [0.25, 0.3) is 0 Å². The number of rotatable bonds is 4. The van der Waals surface area contributed by atoms with Gasteiger partial charge in [-0.15, -0.1) is 11.3 Å². The van der Waals surface area contributed by atoms with Crippen molar-refractivity contribution in [3.63, 3.8) is 0 Å². The van der Waals surface area contributed by atoms with Crippen LogP contribution in [0.3, 0.4) is 0 Å². The van der Waals surface area contributed by atoms with Gasteiger partial charge in [-0.2, -0.15) is 0 Å². The van der Waals surface area contributed by atoms with Gasteiger partial charge in [-0.25, -0.2) is 4.98 Å². The van der Waals surface area contributed by atoms with Gasteiger partial charge < -0.3 is 5.32 Å². The molecule has 3 fully saturated rings. The van der Waals surface area contributed by atoms with E-state index in [0.717, 1.165) is 36.1 Å². The maximum atomic E-state index is 4.51. The molecule has 0 aliphatic heterocycles. The maximum absolute atomic E-state index is 4.51. The summed E-state index contributed by atoms with van der Waals surface area (Å²) < 4.78 is 0. The fourth-order valence-electron chi connectivity index (χ4n) is 5.29. The molecule has 19 heavy (non-hydrogen) atoms. The number of hydrogen-bond donors (Lipinski definition) is 1. The lowest BCUT2D eigenvalue weighted by atomic mass is 9.79. The van der Waals surface area contributed by atoms with E-state index >= 15 is 0 Å². The van der Waals surface area contributed by atoms with E-state index in [4.69, 9.17) is 0 Å². The number of fused-ring (bicyclic) bond motifs is 5. The quantitative estimate of drug-likeness (QED) is 0.899. The second kappa shape index (κ2) is 4.85. The van der Waals surface area contributed by atoms with Gasteiger partial charge in [0.1, 0.15) is 5.01 Å². The smallest absolute Gasteiger partial charge is 0.109 e. The molecule has 1 aromatic heterocycles. The van der Waals surface area contributed by atoms with Crippen LogP contribution in [-0.2, 0) is 0 Å². The number of thiazole rings is 1. The van der Waals surface area contributed by atoms with Crippen LogP contribution >= 0.6 is 11.3 Å². The lowest BCUT2D eigenvalue weighted by molar-refractivity contribution is 0.196. The second-order valence-corrected chi connectivity index (χ2v) is 7.68. The van der Waals surface area contributed by atoms with Crippen molar-refractivity contribution < 1.29 is 0 Å². The summed E-state index contributed by atoms with van der Waals surface area (Å²) in [5.74, 6) is 4.18. The third-order valence-electron chi connectivity index (χ3n) is 6.00. The highest BCUT2D eigenvalue weighted by molar-refractivity contribution is 7.09. The minimum Gasteiger partial charge on any atom is -0.305 e. The van der Waals surface area contributed by atoms with Crippen molar-refractivity contribution in [3.8, 4) is 0 Å². The molecule has 0 spiro atoms. The lowest BCUT2D eigenvalue weighted by Gasteiger charge is -2.34. The average molecular weight is 276 g/mol. The SMILES string of the molecule is CCC(NC1CC2CC1C1CCCC21)c1nccs1. The van der Waals surface area contributed by atoms with Gasteiger partial charge in [0.25, 0.3) is 0 Å². The lowest BCUT2D eigenvalue weighted by Crippen LogP contribution is -2.41. The number of nitrogens with one attached hydrogen (secondary N) is 1. The summed E-state index contributed by atoms with van der Waals surface area (Å²) in [7, 11) is 0. The first-order chi connectivity index (χ1) is 9.36. The van der Waals surface area contributed by atoms with Crippen LogP contribution in [-0.4, -0.2) is 11.0 Å². The third kappa shape index (κ3) is 1.97. The van der Waals surface area contributed by atoms with Crippen LogP contribution in [0, 0.1) is 23.7 Å². The Labute approximate surface area is 120 Å². The van der Waals surface area contributed by atoms with Crippen LogP contribution in [0.4, 0.5) is 0 Å². The summed E-state index contributed by atoms with van der Waals surface area (Å²) in [4.78, 5) is 4.51. The Morgan fingerprint density at radius 2 is 2.21 bits per heavy atom. The first-order valence-corrected chi connectivity index (χ1v) is 8.90. The minimum atomic E-state index is 0.490. The molecule has 3 aliphatic carbocycles. The molecule has 3 saturated carbocycles. The molecule has 4 rings (SSSR count). The Kier molecular flexibility index (Phi) is 3.15. The first kappa shape index (κ1) is 12.3. The van der Waals surface area contributed by atoms with Gasteiger partial charge in [-0.1, -0.05) is 13.3 Å². The standard InChI is InChI=1S/C16H24N2S/c1-2-14(16-17-6-7-19-16)18-15-9-10-8-13(15)12-5-3-4-11(10)12/h6-7,10-15,18H,2-5,8-9H2,1H3. The molecule has 0 saturated heterocycles. The van der Waals surface area contributed by atoms with Crippen molar-refractivity contribution in [1.29, 1.82) is 0 Å². The number of nitrogens with zero attached hydrogens (tertiary/aromatic N) is 1. The van der Waals surface area contributed by atoms with E-state index in [0.29, 0.717) is 6.04 Å². The van der Waals surface area contributed by atoms with Crippen molar-refractivity contribution in [2.24, 2.45) is 23.7 Å². The fourth-order valence-corrected chi connectivity index (χ4v) is 6.07. The van der Waals surface area contributed by atoms with Gasteiger partial charge in [-0.05, 0) is 55.8 Å². The van der Waals surface area contributed by atoms with E-state index in [1.165, 1.54) is 37.1 Å². The van der Waals surface area contributed by atoms with Crippen molar-refractivity contribution in [2.45, 2.75) is 57.5 Å². The molecule has 2 nitrogen and oxygen atoms in total. The van der Waals surface area contributed by atoms with Crippen molar-refractivity contribution in [2.75, 3.05) is 0 Å². The Bertz CT molecular complexity index is 430.